The van der Waals surface area contributed by atoms with Gasteiger partial charge in [-0.05, 0) is 25.1 Å². The number of hydrogen-bond donors (Lipinski definition) is 1. The molecule has 2 heterocycles. The van der Waals surface area contributed by atoms with E-state index in [1.165, 1.54) is 0 Å². The molecule has 3 rings (SSSR count). The molecule has 1 aromatic carbocycles. The number of rotatable bonds is 1. The van der Waals surface area contributed by atoms with Crippen molar-refractivity contribution < 1.29 is 0 Å². The van der Waals surface area contributed by atoms with E-state index in [4.69, 9.17) is 0 Å². The lowest BCUT2D eigenvalue weighted by Gasteiger charge is -2.02. The molecule has 0 bridgehead atoms. The second kappa shape index (κ2) is 3.45. The summed E-state index contributed by atoms with van der Waals surface area (Å²) < 4.78 is 0. The molecule has 0 aliphatic rings. The summed E-state index contributed by atoms with van der Waals surface area (Å²) in [7, 11) is 0. The Hall–Kier alpha value is -2.16. The average molecular weight is 209 g/mol. The summed E-state index contributed by atoms with van der Waals surface area (Å²) in [6, 6.07) is 10.1. The largest absolute Gasteiger partial charge is 0.361 e. The van der Waals surface area contributed by atoms with Gasteiger partial charge in [-0.2, -0.15) is 0 Å². The van der Waals surface area contributed by atoms with Gasteiger partial charge < -0.3 is 4.98 Å². The highest BCUT2D eigenvalue weighted by molar-refractivity contribution is 5.93. The van der Waals surface area contributed by atoms with Crippen molar-refractivity contribution >= 4 is 10.9 Å². The minimum atomic E-state index is 0.783. The predicted molar refractivity (Wildman–Crippen MR) is 64.1 cm³/mol. The molecule has 2 aromatic heterocycles. The SMILES string of the molecule is Cc1ccnc(-c2cccc3[nH]ccc23)n1. The Morgan fingerprint density at radius 1 is 1.12 bits per heavy atom. The van der Waals surface area contributed by atoms with Gasteiger partial charge >= 0.3 is 0 Å². The minimum Gasteiger partial charge on any atom is -0.361 e. The second-order valence-electron chi connectivity index (χ2n) is 3.77. The van der Waals surface area contributed by atoms with Crippen LogP contribution in [0.2, 0.25) is 0 Å². The van der Waals surface area contributed by atoms with E-state index in [-0.39, 0.29) is 0 Å². The van der Waals surface area contributed by atoms with Crippen LogP contribution in [0.1, 0.15) is 5.69 Å². The van der Waals surface area contributed by atoms with Crippen LogP contribution >= 0.6 is 0 Å². The van der Waals surface area contributed by atoms with Crippen LogP contribution in [0, 0.1) is 6.92 Å². The van der Waals surface area contributed by atoms with E-state index in [9.17, 15) is 0 Å². The highest BCUT2D eigenvalue weighted by atomic mass is 14.9. The van der Waals surface area contributed by atoms with Gasteiger partial charge in [0.2, 0.25) is 0 Å². The number of benzene rings is 1. The quantitative estimate of drug-likeness (QED) is 0.669. The number of aryl methyl sites for hydroxylation is 1. The standard InChI is InChI=1S/C13H11N3/c1-9-5-7-15-13(16-9)11-3-2-4-12-10(11)6-8-14-12/h2-8,14H,1H3. The molecule has 0 fully saturated rings. The van der Waals surface area contributed by atoms with E-state index >= 15 is 0 Å². The summed E-state index contributed by atoms with van der Waals surface area (Å²) in [6.07, 6.45) is 3.73. The van der Waals surface area contributed by atoms with Crippen LogP contribution in [0.5, 0.6) is 0 Å². The van der Waals surface area contributed by atoms with E-state index in [1.807, 2.05) is 31.3 Å². The number of H-pyrrole nitrogens is 1. The van der Waals surface area contributed by atoms with Crippen LogP contribution in [-0.4, -0.2) is 15.0 Å². The molecular weight excluding hydrogens is 198 g/mol. The Morgan fingerprint density at radius 3 is 2.94 bits per heavy atom. The molecule has 78 valence electrons. The van der Waals surface area contributed by atoms with Crippen LogP contribution in [-0.2, 0) is 0 Å². The number of hydrogen-bond acceptors (Lipinski definition) is 2. The first-order valence-corrected chi connectivity index (χ1v) is 5.21. The zero-order chi connectivity index (χ0) is 11.0. The van der Waals surface area contributed by atoms with Gasteiger partial charge in [-0.15, -0.1) is 0 Å². The fourth-order valence-corrected chi connectivity index (χ4v) is 1.86. The number of fused-ring (bicyclic) bond motifs is 1. The smallest absolute Gasteiger partial charge is 0.160 e. The molecule has 0 amide bonds. The third-order valence-corrected chi connectivity index (χ3v) is 2.63. The highest BCUT2D eigenvalue weighted by Crippen LogP contribution is 2.25. The van der Waals surface area contributed by atoms with Gasteiger partial charge in [0.25, 0.3) is 0 Å². The molecular formula is C13H11N3. The first kappa shape index (κ1) is 9.09. The van der Waals surface area contributed by atoms with Gasteiger partial charge in [0.1, 0.15) is 0 Å². The maximum absolute atomic E-state index is 4.45. The summed E-state index contributed by atoms with van der Waals surface area (Å²) in [5.41, 5.74) is 3.17. The maximum Gasteiger partial charge on any atom is 0.160 e. The Kier molecular flexibility index (Phi) is 1.96. The van der Waals surface area contributed by atoms with Gasteiger partial charge in [-0.1, -0.05) is 12.1 Å². The van der Waals surface area contributed by atoms with E-state index < -0.39 is 0 Å². The predicted octanol–water partition coefficient (Wildman–Crippen LogP) is 2.93. The molecule has 0 spiro atoms. The third-order valence-electron chi connectivity index (χ3n) is 2.63. The zero-order valence-electron chi connectivity index (χ0n) is 8.94. The Morgan fingerprint density at radius 2 is 2.06 bits per heavy atom. The molecule has 0 saturated carbocycles. The summed E-state index contributed by atoms with van der Waals surface area (Å²) in [5, 5.41) is 1.16. The Labute approximate surface area is 93.2 Å². The molecule has 1 N–H and O–H groups in total. The summed E-state index contributed by atoms with van der Waals surface area (Å²) >= 11 is 0. The normalized spacial score (nSPS) is 10.8. The number of aromatic amines is 1. The van der Waals surface area contributed by atoms with E-state index in [0.29, 0.717) is 0 Å². The van der Waals surface area contributed by atoms with E-state index in [0.717, 1.165) is 28.0 Å². The van der Waals surface area contributed by atoms with Crippen LogP contribution in [0.4, 0.5) is 0 Å². The summed E-state index contributed by atoms with van der Waals surface area (Å²) in [6.45, 7) is 1.97. The number of nitrogens with one attached hydrogen (secondary N) is 1. The molecule has 0 unspecified atom stereocenters. The van der Waals surface area contributed by atoms with Crippen molar-refractivity contribution in [2.24, 2.45) is 0 Å². The molecule has 0 radical (unpaired) electrons. The first-order valence-electron chi connectivity index (χ1n) is 5.21. The van der Waals surface area contributed by atoms with Crippen molar-refractivity contribution in [3.8, 4) is 11.4 Å². The molecule has 0 saturated heterocycles. The van der Waals surface area contributed by atoms with Crippen LogP contribution in [0.3, 0.4) is 0 Å². The Balaban J connectivity index is 2.29. The molecule has 3 heteroatoms. The van der Waals surface area contributed by atoms with Gasteiger partial charge in [0, 0.05) is 34.6 Å². The molecule has 3 nitrogen and oxygen atoms in total. The first-order chi connectivity index (χ1) is 7.84. The highest BCUT2D eigenvalue weighted by Gasteiger charge is 2.06. The third kappa shape index (κ3) is 1.37. The number of nitrogens with zero attached hydrogens (tertiary/aromatic N) is 2. The lowest BCUT2D eigenvalue weighted by Crippen LogP contribution is -1.90. The zero-order valence-corrected chi connectivity index (χ0v) is 8.94. The van der Waals surface area contributed by atoms with Gasteiger partial charge in [0.15, 0.2) is 5.82 Å². The number of aromatic nitrogens is 3. The van der Waals surface area contributed by atoms with Gasteiger partial charge in [-0.3, -0.25) is 0 Å². The van der Waals surface area contributed by atoms with Crippen molar-refractivity contribution in [2.75, 3.05) is 0 Å². The molecule has 16 heavy (non-hydrogen) atoms. The molecule has 0 aliphatic heterocycles. The molecule has 0 atom stereocenters. The minimum absolute atomic E-state index is 0.783. The fraction of sp³-hybridized carbons (Fsp3) is 0.0769. The molecule has 3 aromatic rings. The van der Waals surface area contributed by atoms with Crippen LogP contribution < -0.4 is 0 Å². The van der Waals surface area contributed by atoms with E-state index in [1.54, 1.807) is 6.20 Å². The van der Waals surface area contributed by atoms with Crippen LogP contribution in [0.15, 0.2) is 42.7 Å². The Bertz CT molecular complexity index is 640. The van der Waals surface area contributed by atoms with E-state index in [2.05, 4.69) is 27.1 Å². The van der Waals surface area contributed by atoms with Crippen molar-refractivity contribution in [2.45, 2.75) is 6.92 Å². The maximum atomic E-state index is 4.45. The summed E-state index contributed by atoms with van der Waals surface area (Å²) in [4.78, 5) is 12.0. The van der Waals surface area contributed by atoms with Gasteiger partial charge in [0.05, 0.1) is 0 Å². The lowest BCUT2D eigenvalue weighted by molar-refractivity contribution is 1.11. The average Bonchev–Trinajstić information content (AvgIpc) is 2.76. The fourth-order valence-electron chi connectivity index (χ4n) is 1.86. The lowest BCUT2D eigenvalue weighted by atomic mass is 10.1. The topological polar surface area (TPSA) is 41.6 Å². The van der Waals surface area contributed by atoms with Crippen molar-refractivity contribution in [1.29, 1.82) is 0 Å². The summed E-state index contributed by atoms with van der Waals surface area (Å²) in [5.74, 6) is 0.783. The monoisotopic (exact) mass is 209 g/mol. The van der Waals surface area contributed by atoms with Crippen molar-refractivity contribution in [1.82, 2.24) is 15.0 Å². The van der Waals surface area contributed by atoms with Gasteiger partial charge in [-0.25, -0.2) is 9.97 Å². The van der Waals surface area contributed by atoms with Crippen molar-refractivity contribution in [3.05, 3.63) is 48.4 Å². The molecule has 0 aliphatic carbocycles. The van der Waals surface area contributed by atoms with Crippen molar-refractivity contribution in [3.63, 3.8) is 0 Å². The van der Waals surface area contributed by atoms with Crippen LogP contribution in [0.25, 0.3) is 22.3 Å². The second-order valence-corrected chi connectivity index (χ2v) is 3.77.